The summed E-state index contributed by atoms with van der Waals surface area (Å²) in [6.07, 6.45) is 0. The molecule has 2 aliphatic rings. The van der Waals surface area contributed by atoms with Crippen LogP contribution in [-0.4, -0.2) is 80.6 Å². The molecule has 7 nitrogen and oxygen atoms in total. The molecule has 0 aliphatic carbocycles. The highest BCUT2D eigenvalue weighted by Gasteiger charge is 2.27. The quantitative estimate of drug-likeness (QED) is 0.823. The molecule has 2 heterocycles. The highest BCUT2D eigenvalue weighted by molar-refractivity contribution is 6.02. The molecule has 1 aromatic rings. The maximum atomic E-state index is 12.4. The predicted octanol–water partition coefficient (Wildman–Crippen LogP) is 0.164. The summed E-state index contributed by atoms with van der Waals surface area (Å²) in [7, 11) is 2.12. The number of piperazine rings is 1. The molecule has 0 radical (unpaired) electrons. The smallest absolute Gasteiger partial charge is 0.265 e. The summed E-state index contributed by atoms with van der Waals surface area (Å²) in [4.78, 5) is 30.7. The Kier molecular flexibility index (Phi) is 5.55. The van der Waals surface area contributed by atoms with E-state index in [1.165, 1.54) is 4.90 Å². The standard InChI is InChI=1S/C18H26N4O3/c1-14(11-21-9-7-20(2)8-10-21)19-17(23)12-22-15-5-3-4-6-16(15)25-13-18(22)24/h3-6,14H,7-13H2,1-2H3,(H,19,23). The highest BCUT2D eigenvalue weighted by Crippen LogP contribution is 2.31. The van der Waals surface area contributed by atoms with Crippen LogP contribution >= 0.6 is 0 Å². The van der Waals surface area contributed by atoms with Crippen molar-refractivity contribution in [2.24, 2.45) is 0 Å². The number of ether oxygens (including phenoxy) is 1. The van der Waals surface area contributed by atoms with E-state index in [2.05, 4.69) is 22.2 Å². The fourth-order valence-electron chi connectivity index (χ4n) is 3.25. The van der Waals surface area contributed by atoms with Crippen molar-refractivity contribution < 1.29 is 14.3 Å². The predicted molar refractivity (Wildman–Crippen MR) is 95.8 cm³/mol. The second-order valence-corrected chi connectivity index (χ2v) is 6.81. The van der Waals surface area contributed by atoms with Crippen LogP contribution in [0.15, 0.2) is 24.3 Å². The maximum absolute atomic E-state index is 12.4. The first-order chi connectivity index (χ1) is 12.0. The van der Waals surface area contributed by atoms with Gasteiger partial charge in [-0.1, -0.05) is 12.1 Å². The Morgan fingerprint density at radius 3 is 2.72 bits per heavy atom. The summed E-state index contributed by atoms with van der Waals surface area (Å²) in [5.41, 5.74) is 0.653. The molecule has 1 N–H and O–H groups in total. The van der Waals surface area contributed by atoms with Gasteiger partial charge in [-0.2, -0.15) is 0 Å². The van der Waals surface area contributed by atoms with Crippen LogP contribution in [0.25, 0.3) is 0 Å². The van der Waals surface area contributed by atoms with Crippen molar-refractivity contribution in [1.29, 1.82) is 0 Å². The van der Waals surface area contributed by atoms with E-state index < -0.39 is 0 Å². The van der Waals surface area contributed by atoms with Crippen LogP contribution in [-0.2, 0) is 9.59 Å². The zero-order chi connectivity index (χ0) is 17.8. The topological polar surface area (TPSA) is 65.1 Å². The molecule has 1 saturated heterocycles. The summed E-state index contributed by atoms with van der Waals surface area (Å²) in [6.45, 7) is 6.98. The average Bonchev–Trinajstić information content (AvgIpc) is 2.59. The Balaban J connectivity index is 1.53. The third-order valence-electron chi connectivity index (χ3n) is 4.65. The first-order valence-corrected chi connectivity index (χ1v) is 8.75. The van der Waals surface area contributed by atoms with Gasteiger partial charge < -0.3 is 15.0 Å². The minimum absolute atomic E-state index is 0.0201. The van der Waals surface area contributed by atoms with Crippen LogP contribution in [0, 0.1) is 0 Å². The van der Waals surface area contributed by atoms with Crippen molar-refractivity contribution in [3.8, 4) is 5.75 Å². The van der Waals surface area contributed by atoms with Crippen LogP contribution in [0.4, 0.5) is 5.69 Å². The highest BCUT2D eigenvalue weighted by atomic mass is 16.5. The molecule has 136 valence electrons. The molecule has 1 aromatic carbocycles. The Morgan fingerprint density at radius 1 is 1.24 bits per heavy atom. The van der Waals surface area contributed by atoms with Crippen molar-refractivity contribution in [3.63, 3.8) is 0 Å². The molecule has 2 aliphatic heterocycles. The fourth-order valence-corrected chi connectivity index (χ4v) is 3.25. The Bertz CT molecular complexity index is 629. The largest absolute Gasteiger partial charge is 0.482 e. The Hall–Kier alpha value is -2.12. The van der Waals surface area contributed by atoms with Gasteiger partial charge in [0.05, 0.1) is 5.69 Å². The SMILES string of the molecule is CC(CN1CCN(C)CC1)NC(=O)CN1C(=O)COc2ccccc21. The maximum Gasteiger partial charge on any atom is 0.265 e. The monoisotopic (exact) mass is 346 g/mol. The number of hydrogen-bond donors (Lipinski definition) is 1. The van der Waals surface area contributed by atoms with E-state index in [1.807, 2.05) is 25.1 Å². The third-order valence-corrected chi connectivity index (χ3v) is 4.65. The first kappa shape index (κ1) is 17.7. The van der Waals surface area contributed by atoms with Crippen molar-refractivity contribution >= 4 is 17.5 Å². The van der Waals surface area contributed by atoms with Crippen molar-refractivity contribution in [1.82, 2.24) is 15.1 Å². The van der Waals surface area contributed by atoms with Gasteiger partial charge in [0.2, 0.25) is 5.91 Å². The number of benzene rings is 1. The Labute approximate surface area is 148 Å². The minimum atomic E-state index is -0.194. The van der Waals surface area contributed by atoms with E-state index in [9.17, 15) is 9.59 Å². The van der Waals surface area contributed by atoms with Gasteiger partial charge in [-0.25, -0.2) is 0 Å². The molecule has 0 bridgehead atoms. The summed E-state index contributed by atoms with van der Waals surface area (Å²) in [6, 6.07) is 7.34. The molecule has 0 spiro atoms. The van der Waals surface area contributed by atoms with Crippen LogP contribution < -0.4 is 15.0 Å². The number of fused-ring (bicyclic) bond motifs is 1. The van der Waals surface area contributed by atoms with E-state index >= 15 is 0 Å². The van der Waals surface area contributed by atoms with Crippen molar-refractivity contribution in [3.05, 3.63) is 24.3 Å². The number of nitrogens with zero attached hydrogens (tertiary/aromatic N) is 3. The van der Waals surface area contributed by atoms with E-state index in [0.29, 0.717) is 11.4 Å². The number of amides is 2. The molecular weight excluding hydrogens is 320 g/mol. The average molecular weight is 346 g/mol. The number of nitrogens with one attached hydrogen (secondary N) is 1. The van der Waals surface area contributed by atoms with E-state index in [0.717, 1.165) is 32.7 Å². The molecule has 1 fully saturated rings. The van der Waals surface area contributed by atoms with E-state index in [-0.39, 0.29) is 31.0 Å². The summed E-state index contributed by atoms with van der Waals surface area (Å²) in [5.74, 6) is 0.299. The van der Waals surface area contributed by atoms with Crippen molar-refractivity contribution in [2.75, 3.05) is 57.8 Å². The van der Waals surface area contributed by atoms with Gasteiger partial charge in [0.25, 0.3) is 5.91 Å². The normalized spacial score (nSPS) is 19.9. The van der Waals surface area contributed by atoms with Gasteiger partial charge in [-0.05, 0) is 26.1 Å². The molecule has 3 rings (SSSR count). The van der Waals surface area contributed by atoms with Crippen LogP contribution in [0.2, 0.25) is 0 Å². The lowest BCUT2D eigenvalue weighted by Crippen LogP contribution is -2.51. The van der Waals surface area contributed by atoms with E-state index in [1.54, 1.807) is 6.07 Å². The second kappa shape index (κ2) is 7.84. The van der Waals surface area contributed by atoms with Crippen LogP contribution in [0.1, 0.15) is 6.92 Å². The lowest BCUT2D eigenvalue weighted by atomic mass is 10.2. The molecule has 25 heavy (non-hydrogen) atoms. The lowest BCUT2D eigenvalue weighted by Gasteiger charge is -2.34. The molecular formula is C18H26N4O3. The lowest BCUT2D eigenvalue weighted by molar-refractivity contribution is -0.125. The minimum Gasteiger partial charge on any atom is -0.482 e. The van der Waals surface area contributed by atoms with E-state index in [4.69, 9.17) is 4.74 Å². The van der Waals surface area contributed by atoms with Crippen LogP contribution in [0.5, 0.6) is 5.75 Å². The van der Waals surface area contributed by atoms with Gasteiger partial charge in [-0.15, -0.1) is 0 Å². The summed E-state index contributed by atoms with van der Waals surface area (Å²) >= 11 is 0. The number of rotatable bonds is 5. The van der Waals surface area contributed by atoms with Crippen LogP contribution in [0.3, 0.4) is 0 Å². The van der Waals surface area contributed by atoms with Gasteiger partial charge in [0.1, 0.15) is 12.3 Å². The number of carbonyl (C=O) groups excluding carboxylic acids is 2. The fraction of sp³-hybridized carbons (Fsp3) is 0.556. The molecule has 1 atom stereocenters. The van der Waals surface area contributed by atoms with Crippen molar-refractivity contribution in [2.45, 2.75) is 13.0 Å². The first-order valence-electron chi connectivity index (χ1n) is 8.75. The molecule has 0 aromatic heterocycles. The number of likely N-dealkylation sites (N-methyl/N-ethyl adjacent to an activating group) is 1. The molecule has 0 saturated carbocycles. The number of anilines is 1. The van der Waals surface area contributed by atoms with Gasteiger partial charge in [-0.3, -0.25) is 19.4 Å². The number of hydrogen-bond acceptors (Lipinski definition) is 5. The summed E-state index contributed by atoms with van der Waals surface area (Å²) < 4.78 is 5.40. The number of para-hydroxylation sites is 2. The van der Waals surface area contributed by atoms with Gasteiger partial charge >= 0.3 is 0 Å². The van der Waals surface area contributed by atoms with Gasteiger partial charge in [0, 0.05) is 38.8 Å². The molecule has 7 heteroatoms. The molecule has 2 amide bonds. The zero-order valence-electron chi connectivity index (χ0n) is 14.9. The summed E-state index contributed by atoms with van der Waals surface area (Å²) in [5, 5.41) is 3.01. The number of carbonyl (C=O) groups is 2. The Morgan fingerprint density at radius 2 is 1.96 bits per heavy atom. The zero-order valence-corrected chi connectivity index (χ0v) is 14.9. The second-order valence-electron chi connectivity index (χ2n) is 6.81. The third kappa shape index (κ3) is 4.49. The molecule has 1 unspecified atom stereocenters. The van der Waals surface area contributed by atoms with Gasteiger partial charge in [0.15, 0.2) is 6.61 Å².